The molecule has 2 nitrogen and oxygen atoms in total. The highest BCUT2D eigenvalue weighted by molar-refractivity contribution is 5.36. The molecule has 0 unspecified atom stereocenters. The molecular weight excluding hydrogens is 210 g/mol. The van der Waals surface area contributed by atoms with Gasteiger partial charge in [0.2, 0.25) is 0 Å². The molecule has 2 heteroatoms. The van der Waals surface area contributed by atoms with Gasteiger partial charge in [-0.15, -0.1) is 0 Å². The van der Waals surface area contributed by atoms with E-state index in [9.17, 15) is 5.11 Å². The van der Waals surface area contributed by atoms with E-state index >= 15 is 0 Å². The summed E-state index contributed by atoms with van der Waals surface area (Å²) in [5, 5.41) is 10.2. The topological polar surface area (TPSA) is 46.2 Å². The minimum atomic E-state index is -0.523. The number of hydrogen-bond acceptors (Lipinski definition) is 2. The molecule has 17 heavy (non-hydrogen) atoms. The molecule has 0 amide bonds. The van der Waals surface area contributed by atoms with Gasteiger partial charge in [0.1, 0.15) is 0 Å². The Morgan fingerprint density at radius 2 is 1.71 bits per heavy atom. The standard InChI is InChI=1S/C15H21NO/c16-11-14(6-1-2-7-14)12-4-3-5-13(10-12)15(17)8-9-15/h3-5,10,17H,1-2,6-9,11,16H2. The number of nitrogens with two attached hydrogens (primary N) is 1. The second-order valence-electron chi connectivity index (χ2n) is 5.80. The molecule has 0 radical (unpaired) electrons. The third kappa shape index (κ3) is 1.80. The van der Waals surface area contributed by atoms with Crippen LogP contribution in [0.4, 0.5) is 0 Å². The van der Waals surface area contributed by atoms with Gasteiger partial charge < -0.3 is 10.8 Å². The molecule has 1 aromatic rings. The van der Waals surface area contributed by atoms with E-state index in [0.29, 0.717) is 0 Å². The van der Waals surface area contributed by atoms with Crippen molar-refractivity contribution < 1.29 is 5.11 Å². The first-order valence-corrected chi connectivity index (χ1v) is 6.72. The Morgan fingerprint density at radius 1 is 1.06 bits per heavy atom. The summed E-state index contributed by atoms with van der Waals surface area (Å²) in [6, 6.07) is 8.52. The highest BCUT2D eigenvalue weighted by Crippen LogP contribution is 2.47. The van der Waals surface area contributed by atoms with E-state index < -0.39 is 5.60 Å². The summed E-state index contributed by atoms with van der Waals surface area (Å²) in [6.07, 6.45) is 6.78. The molecule has 0 spiro atoms. The fraction of sp³-hybridized carbons (Fsp3) is 0.600. The average molecular weight is 231 g/mol. The Balaban J connectivity index is 1.97. The van der Waals surface area contributed by atoms with Crippen LogP contribution in [0.15, 0.2) is 24.3 Å². The van der Waals surface area contributed by atoms with Crippen molar-refractivity contribution in [1.82, 2.24) is 0 Å². The highest BCUT2D eigenvalue weighted by atomic mass is 16.3. The maximum absolute atomic E-state index is 10.2. The van der Waals surface area contributed by atoms with Crippen LogP contribution in [0.5, 0.6) is 0 Å². The molecule has 3 N–H and O–H groups in total. The molecule has 2 fully saturated rings. The largest absolute Gasteiger partial charge is 0.385 e. The Morgan fingerprint density at radius 3 is 2.29 bits per heavy atom. The molecule has 0 atom stereocenters. The Labute approximate surface area is 103 Å². The van der Waals surface area contributed by atoms with Crippen molar-refractivity contribution in [3.05, 3.63) is 35.4 Å². The van der Waals surface area contributed by atoms with Gasteiger partial charge in [0.15, 0.2) is 0 Å². The lowest BCUT2D eigenvalue weighted by Crippen LogP contribution is -2.32. The Bertz CT molecular complexity index is 417. The summed E-state index contributed by atoms with van der Waals surface area (Å²) >= 11 is 0. The van der Waals surface area contributed by atoms with E-state index in [-0.39, 0.29) is 5.41 Å². The van der Waals surface area contributed by atoms with Gasteiger partial charge in [-0.25, -0.2) is 0 Å². The molecular formula is C15H21NO. The van der Waals surface area contributed by atoms with Gasteiger partial charge in [0.25, 0.3) is 0 Å². The third-order valence-corrected chi connectivity index (χ3v) is 4.69. The minimum Gasteiger partial charge on any atom is -0.385 e. The van der Waals surface area contributed by atoms with Crippen molar-refractivity contribution in [3.8, 4) is 0 Å². The predicted octanol–water partition coefficient (Wildman–Crippen LogP) is 2.44. The first kappa shape index (κ1) is 11.2. The van der Waals surface area contributed by atoms with Crippen molar-refractivity contribution in [2.24, 2.45) is 5.73 Å². The predicted molar refractivity (Wildman–Crippen MR) is 68.8 cm³/mol. The molecule has 0 aliphatic heterocycles. The second-order valence-corrected chi connectivity index (χ2v) is 5.80. The van der Waals surface area contributed by atoms with E-state index in [4.69, 9.17) is 5.73 Å². The lowest BCUT2D eigenvalue weighted by molar-refractivity contribution is 0.151. The summed E-state index contributed by atoms with van der Waals surface area (Å²) in [4.78, 5) is 0. The lowest BCUT2D eigenvalue weighted by atomic mass is 9.78. The van der Waals surface area contributed by atoms with Crippen LogP contribution < -0.4 is 5.73 Å². The highest BCUT2D eigenvalue weighted by Gasteiger charge is 2.43. The van der Waals surface area contributed by atoms with E-state index in [1.54, 1.807) is 0 Å². The third-order valence-electron chi connectivity index (χ3n) is 4.69. The summed E-state index contributed by atoms with van der Waals surface area (Å²) in [5.74, 6) is 0. The number of aliphatic hydroxyl groups is 1. The zero-order chi connectivity index (χ0) is 11.9. The quantitative estimate of drug-likeness (QED) is 0.839. The maximum Gasteiger partial charge on any atom is 0.0899 e. The van der Waals surface area contributed by atoms with E-state index in [0.717, 1.165) is 24.9 Å². The summed E-state index contributed by atoms with van der Waals surface area (Å²) < 4.78 is 0. The van der Waals surface area contributed by atoms with Crippen LogP contribution >= 0.6 is 0 Å². The zero-order valence-electron chi connectivity index (χ0n) is 10.3. The molecule has 0 saturated heterocycles. The maximum atomic E-state index is 10.2. The second kappa shape index (κ2) is 3.82. The molecule has 1 aromatic carbocycles. The van der Waals surface area contributed by atoms with Gasteiger partial charge in [-0.1, -0.05) is 37.1 Å². The number of hydrogen-bond donors (Lipinski definition) is 2. The lowest BCUT2D eigenvalue weighted by Gasteiger charge is -2.28. The number of benzene rings is 1. The SMILES string of the molecule is NCC1(c2cccc(C3(O)CC3)c2)CCCC1. The van der Waals surface area contributed by atoms with Crippen molar-refractivity contribution in [3.63, 3.8) is 0 Å². The van der Waals surface area contributed by atoms with Crippen molar-refractivity contribution >= 4 is 0 Å². The van der Waals surface area contributed by atoms with Crippen molar-refractivity contribution in [1.29, 1.82) is 0 Å². The minimum absolute atomic E-state index is 0.182. The molecule has 92 valence electrons. The average Bonchev–Trinajstić information content (AvgIpc) is 2.96. The normalized spacial score (nSPS) is 24.8. The van der Waals surface area contributed by atoms with Crippen LogP contribution in [-0.2, 0) is 11.0 Å². The molecule has 2 aliphatic rings. The van der Waals surface area contributed by atoms with Gasteiger partial charge in [-0.3, -0.25) is 0 Å². The van der Waals surface area contributed by atoms with Crippen molar-refractivity contribution in [2.45, 2.75) is 49.5 Å². The summed E-state index contributed by atoms with van der Waals surface area (Å²) in [7, 11) is 0. The molecule has 0 aromatic heterocycles. The van der Waals surface area contributed by atoms with Crippen LogP contribution in [0, 0.1) is 0 Å². The summed E-state index contributed by atoms with van der Waals surface area (Å²) in [5.41, 5.74) is 8.11. The fourth-order valence-corrected chi connectivity index (χ4v) is 3.21. The molecule has 0 bridgehead atoms. The monoisotopic (exact) mass is 231 g/mol. The molecule has 2 aliphatic carbocycles. The smallest absolute Gasteiger partial charge is 0.0899 e. The van der Waals surface area contributed by atoms with Crippen LogP contribution in [0.1, 0.15) is 49.7 Å². The fourth-order valence-electron chi connectivity index (χ4n) is 3.21. The van der Waals surface area contributed by atoms with Crippen molar-refractivity contribution in [2.75, 3.05) is 6.54 Å². The Hall–Kier alpha value is -0.860. The van der Waals surface area contributed by atoms with E-state index in [2.05, 4.69) is 24.3 Å². The van der Waals surface area contributed by atoms with E-state index in [1.807, 2.05) is 0 Å². The molecule has 2 saturated carbocycles. The van der Waals surface area contributed by atoms with Gasteiger partial charge in [-0.2, -0.15) is 0 Å². The molecule has 0 heterocycles. The van der Waals surface area contributed by atoms with Gasteiger partial charge >= 0.3 is 0 Å². The van der Waals surface area contributed by atoms with Crippen LogP contribution in [-0.4, -0.2) is 11.7 Å². The first-order chi connectivity index (χ1) is 8.19. The molecule has 3 rings (SSSR count). The first-order valence-electron chi connectivity index (χ1n) is 6.72. The van der Waals surface area contributed by atoms with Gasteiger partial charge in [-0.05, 0) is 36.8 Å². The van der Waals surface area contributed by atoms with E-state index in [1.165, 1.54) is 31.2 Å². The van der Waals surface area contributed by atoms with Gasteiger partial charge in [0.05, 0.1) is 5.60 Å². The summed E-state index contributed by atoms with van der Waals surface area (Å²) in [6.45, 7) is 0.731. The Kier molecular flexibility index (Phi) is 2.53. The zero-order valence-corrected chi connectivity index (χ0v) is 10.3. The van der Waals surface area contributed by atoms with Crippen LogP contribution in [0.2, 0.25) is 0 Å². The number of rotatable bonds is 3. The van der Waals surface area contributed by atoms with Gasteiger partial charge in [0, 0.05) is 12.0 Å². The van der Waals surface area contributed by atoms with Crippen LogP contribution in [0.25, 0.3) is 0 Å². The van der Waals surface area contributed by atoms with Crippen LogP contribution in [0.3, 0.4) is 0 Å².